The second kappa shape index (κ2) is 4.50. The van der Waals surface area contributed by atoms with E-state index in [0.717, 1.165) is 11.1 Å². The van der Waals surface area contributed by atoms with Crippen LogP contribution in [-0.4, -0.2) is 5.78 Å². The summed E-state index contributed by atoms with van der Waals surface area (Å²) in [5.74, 6) is -0.729. The maximum atomic E-state index is 13.6. The average Bonchev–Trinajstić information content (AvgIpc) is 2.32. The SMILES string of the molecule is Cc1ccc(F)c(C(=O)c2ccccc2C)c1. The van der Waals surface area contributed by atoms with Crippen molar-refractivity contribution in [3.63, 3.8) is 0 Å². The Hall–Kier alpha value is -1.96. The van der Waals surface area contributed by atoms with Gasteiger partial charge in [-0.15, -0.1) is 0 Å². The van der Waals surface area contributed by atoms with Crippen molar-refractivity contribution < 1.29 is 9.18 Å². The molecule has 0 aliphatic rings. The van der Waals surface area contributed by atoms with Gasteiger partial charge in [-0.1, -0.05) is 35.9 Å². The first-order valence-corrected chi connectivity index (χ1v) is 5.46. The van der Waals surface area contributed by atoms with E-state index in [0.29, 0.717) is 5.56 Å². The summed E-state index contributed by atoms with van der Waals surface area (Å²) in [4.78, 5) is 12.2. The lowest BCUT2D eigenvalue weighted by atomic mass is 9.98. The third-order valence-electron chi connectivity index (χ3n) is 2.76. The summed E-state index contributed by atoms with van der Waals surface area (Å²) in [7, 11) is 0. The summed E-state index contributed by atoms with van der Waals surface area (Å²) >= 11 is 0. The van der Waals surface area contributed by atoms with Crippen molar-refractivity contribution in [1.29, 1.82) is 0 Å². The smallest absolute Gasteiger partial charge is 0.196 e. The van der Waals surface area contributed by atoms with Crippen LogP contribution in [0.15, 0.2) is 42.5 Å². The topological polar surface area (TPSA) is 17.1 Å². The van der Waals surface area contributed by atoms with E-state index in [2.05, 4.69) is 0 Å². The molecule has 0 bridgehead atoms. The van der Waals surface area contributed by atoms with Crippen LogP contribution in [0.25, 0.3) is 0 Å². The summed E-state index contributed by atoms with van der Waals surface area (Å²) < 4.78 is 13.6. The Morgan fingerprint density at radius 2 is 1.71 bits per heavy atom. The highest BCUT2D eigenvalue weighted by Gasteiger charge is 2.15. The fourth-order valence-electron chi connectivity index (χ4n) is 1.79. The number of benzene rings is 2. The van der Waals surface area contributed by atoms with Crippen molar-refractivity contribution in [3.8, 4) is 0 Å². The largest absolute Gasteiger partial charge is 0.288 e. The van der Waals surface area contributed by atoms with Gasteiger partial charge >= 0.3 is 0 Å². The summed E-state index contributed by atoms with van der Waals surface area (Å²) in [6.45, 7) is 3.69. The highest BCUT2D eigenvalue weighted by atomic mass is 19.1. The monoisotopic (exact) mass is 228 g/mol. The second-order valence-corrected chi connectivity index (χ2v) is 4.13. The van der Waals surface area contributed by atoms with Gasteiger partial charge in [0.25, 0.3) is 0 Å². The minimum absolute atomic E-state index is 0.138. The molecule has 0 amide bonds. The fraction of sp³-hybridized carbons (Fsp3) is 0.133. The molecule has 0 N–H and O–H groups in total. The highest BCUT2D eigenvalue weighted by molar-refractivity contribution is 6.10. The number of halogens is 1. The van der Waals surface area contributed by atoms with Crippen molar-refractivity contribution in [1.82, 2.24) is 0 Å². The molecule has 0 atom stereocenters. The van der Waals surface area contributed by atoms with E-state index >= 15 is 0 Å². The number of rotatable bonds is 2. The first-order chi connectivity index (χ1) is 8.09. The van der Waals surface area contributed by atoms with Gasteiger partial charge in [0.1, 0.15) is 5.82 Å². The quantitative estimate of drug-likeness (QED) is 0.717. The van der Waals surface area contributed by atoms with Crippen molar-refractivity contribution in [2.24, 2.45) is 0 Å². The number of ketones is 1. The Kier molecular flexibility index (Phi) is 3.05. The normalized spacial score (nSPS) is 10.3. The Balaban J connectivity index is 2.51. The summed E-state index contributed by atoms with van der Waals surface area (Å²) in [6, 6.07) is 11.8. The zero-order chi connectivity index (χ0) is 12.4. The molecule has 2 aromatic carbocycles. The highest BCUT2D eigenvalue weighted by Crippen LogP contribution is 2.17. The van der Waals surface area contributed by atoms with Crippen LogP contribution in [0.2, 0.25) is 0 Å². The van der Waals surface area contributed by atoms with E-state index in [1.165, 1.54) is 6.07 Å². The van der Waals surface area contributed by atoms with Crippen molar-refractivity contribution >= 4 is 5.78 Å². The van der Waals surface area contributed by atoms with Crippen molar-refractivity contribution in [3.05, 3.63) is 70.5 Å². The molecule has 1 nitrogen and oxygen atoms in total. The van der Waals surface area contributed by atoms with Crippen molar-refractivity contribution in [2.75, 3.05) is 0 Å². The van der Waals surface area contributed by atoms with E-state index < -0.39 is 5.82 Å². The number of carbonyl (C=O) groups excluding carboxylic acids is 1. The molecule has 86 valence electrons. The first kappa shape index (κ1) is 11.5. The van der Waals surface area contributed by atoms with Gasteiger partial charge in [0.15, 0.2) is 5.78 Å². The molecular weight excluding hydrogens is 215 g/mol. The Bertz CT molecular complexity index is 573. The summed E-state index contributed by atoms with van der Waals surface area (Å²) in [5, 5.41) is 0. The number of aryl methyl sites for hydroxylation is 2. The van der Waals surface area contributed by atoms with Gasteiger partial charge in [-0.25, -0.2) is 4.39 Å². The zero-order valence-corrected chi connectivity index (χ0v) is 9.83. The van der Waals surface area contributed by atoms with Gasteiger partial charge in [-0.05, 0) is 31.5 Å². The van der Waals surface area contributed by atoms with Crippen LogP contribution >= 0.6 is 0 Å². The Morgan fingerprint density at radius 3 is 2.41 bits per heavy atom. The number of hydrogen-bond donors (Lipinski definition) is 0. The van der Waals surface area contributed by atoms with Crippen LogP contribution < -0.4 is 0 Å². The van der Waals surface area contributed by atoms with Gasteiger partial charge in [-0.2, -0.15) is 0 Å². The molecule has 2 aromatic rings. The van der Waals surface area contributed by atoms with Crippen LogP contribution in [-0.2, 0) is 0 Å². The van der Waals surface area contributed by atoms with Gasteiger partial charge in [0, 0.05) is 5.56 Å². The lowest BCUT2D eigenvalue weighted by molar-refractivity contribution is 0.103. The molecule has 0 radical (unpaired) electrons. The van der Waals surface area contributed by atoms with Crippen LogP contribution in [0.5, 0.6) is 0 Å². The molecule has 0 saturated heterocycles. The maximum absolute atomic E-state index is 13.6. The molecule has 2 heteroatoms. The maximum Gasteiger partial charge on any atom is 0.196 e. The van der Waals surface area contributed by atoms with Crippen LogP contribution in [0, 0.1) is 19.7 Å². The summed E-state index contributed by atoms with van der Waals surface area (Å²) in [6.07, 6.45) is 0. The zero-order valence-electron chi connectivity index (χ0n) is 9.83. The van der Waals surface area contributed by atoms with Crippen molar-refractivity contribution in [2.45, 2.75) is 13.8 Å². The van der Waals surface area contributed by atoms with E-state index in [9.17, 15) is 9.18 Å². The standard InChI is InChI=1S/C15H13FO/c1-10-7-8-14(16)13(9-10)15(17)12-6-4-3-5-11(12)2/h3-9H,1-2H3. The summed E-state index contributed by atoms with van der Waals surface area (Å²) in [5.41, 5.74) is 2.43. The van der Waals surface area contributed by atoms with Crippen LogP contribution in [0.1, 0.15) is 27.0 Å². The molecule has 2 rings (SSSR count). The van der Waals surface area contributed by atoms with Gasteiger partial charge in [0.05, 0.1) is 5.56 Å². The lowest BCUT2D eigenvalue weighted by Crippen LogP contribution is -2.06. The molecule has 0 heterocycles. The second-order valence-electron chi connectivity index (χ2n) is 4.13. The Morgan fingerprint density at radius 1 is 1.00 bits per heavy atom. The fourth-order valence-corrected chi connectivity index (χ4v) is 1.79. The molecule has 0 unspecified atom stereocenters. The minimum atomic E-state index is -0.469. The average molecular weight is 228 g/mol. The minimum Gasteiger partial charge on any atom is -0.288 e. The predicted molar refractivity (Wildman–Crippen MR) is 65.7 cm³/mol. The first-order valence-electron chi connectivity index (χ1n) is 5.46. The molecule has 17 heavy (non-hydrogen) atoms. The number of carbonyl (C=O) groups is 1. The van der Waals surface area contributed by atoms with E-state index in [-0.39, 0.29) is 11.3 Å². The molecule has 0 aromatic heterocycles. The van der Waals surface area contributed by atoms with E-state index in [4.69, 9.17) is 0 Å². The molecule has 0 saturated carbocycles. The molecular formula is C15H13FO. The lowest BCUT2D eigenvalue weighted by Gasteiger charge is -2.06. The van der Waals surface area contributed by atoms with Gasteiger partial charge in [0.2, 0.25) is 0 Å². The third-order valence-corrected chi connectivity index (χ3v) is 2.76. The van der Waals surface area contributed by atoms with Crippen LogP contribution in [0.4, 0.5) is 4.39 Å². The van der Waals surface area contributed by atoms with Gasteiger partial charge < -0.3 is 0 Å². The van der Waals surface area contributed by atoms with Crippen LogP contribution in [0.3, 0.4) is 0 Å². The van der Waals surface area contributed by atoms with E-state index in [1.807, 2.05) is 26.0 Å². The molecule has 0 spiro atoms. The number of hydrogen-bond acceptors (Lipinski definition) is 1. The predicted octanol–water partition coefficient (Wildman–Crippen LogP) is 3.67. The van der Waals surface area contributed by atoms with E-state index in [1.54, 1.807) is 24.3 Å². The third kappa shape index (κ3) is 2.26. The molecule has 0 aliphatic heterocycles. The van der Waals surface area contributed by atoms with Gasteiger partial charge in [-0.3, -0.25) is 4.79 Å². The molecule has 0 aliphatic carbocycles. The Labute approximate surface area is 99.9 Å². The molecule has 0 fully saturated rings.